The van der Waals surface area contributed by atoms with Crippen LogP contribution in [0, 0.1) is 0 Å². The Morgan fingerprint density at radius 1 is 1.36 bits per heavy atom. The van der Waals surface area contributed by atoms with Gasteiger partial charge in [-0.1, -0.05) is 13.3 Å². The van der Waals surface area contributed by atoms with Crippen LogP contribution in [0.2, 0.25) is 0 Å². The smallest absolute Gasteiger partial charge is 0.317 e. The number of nitrogens with zero attached hydrogens (tertiary/aromatic N) is 1. The van der Waals surface area contributed by atoms with Crippen molar-refractivity contribution in [1.82, 2.24) is 10.2 Å². The zero-order chi connectivity index (χ0) is 15.9. The van der Waals surface area contributed by atoms with E-state index in [1.54, 1.807) is 14.2 Å². The fourth-order valence-corrected chi connectivity index (χ4v) is 2.91. The molecule has 1 aliphatic rings. The van der Waals surface area contributed by atoms with Crippen molar-refractivity contribution in [2.24, 2.45) is 0 Å². The van der Waals surface area contributed by atoms with E-state index in [4.69, 9.17) is 9.47 Å². The van der Waals surface area contributed by atoms with Gasteiger partial charge >= 0.3 is 6.03 Å². The number of unbranched alkanes of at least 4 members (excludes halogenated alkanes) is 1. The van der Waals surface area contributed by atoms with Gasteiger partial charge in [0.15, 0.2) is 0 Å². The van der Waals surface area contributed by atoms with Gasteiger partial charge in [-0.15, -0.1) is 0 Å². The number of hydrogen-bond acceptors (Lipinski definition) is 3. The lowest BCUT2D eigenvalue weighted by molar-refractivity contribution is 0.192. The highest BCUT2D eigenvalue weighted by Gasteiger charge is 2.32. The Balaban J connectivity index is 2.17. The van der Waals surface area contributed by atoms with Gasteiger partial charge in [-0.05, 0) is 37.5 Å². The van der Waals surface area contributed by atoms with Crippen LogP contribution in [-0.2, 0) is 0 Å². The van der Waals surface area contributed by atoms with Gasteiger partial charge in [-0.25, -0.2) is 4.79 Å². The van der Waals surface area contributed by atoms with Crippen LogP contribution in [0.25, 0.3) is 0 Å². The molecule has 1 atom stereocenters. The summed E-state index contributed by atoms with van der Waals surface area (Å²) in [5, 5.41) is 3.01. The Hall–Kier alpha value is -1.91. The van der Waals surface area contributed by atoms with Crippen molar-refractivity contribution in [3.8, 4) is 11.5 Å². The Morgan fingerprint density at radius 3 is 2.86 bits per heavy atom. The fourth-order valence-electron chi connectivity index (χ4n) is 2.91. The van der Waals surface area contributed by atoms with E-state index in [1.807, 2.05) is 23.1 Å². The first-order chi connectivity index (χ1) is 10.7. The quantitative estimate of drug-likeness (QED) is 0.820. The van der Waals surface area contributed by atoms with Crippen LogP contribution in [-0.4, -0.2) is 38.2 Å². The molecule has 0 radical (unpaired) electrons. The zero-order valence-corrected chi connectivity index (χ0v) is 13.7. The van der Waals surface area contributed by atoms with E-state index in [1.165, 1.54) is 0 Å². The Labute approximate surface area is 132 Å². The SMILES string of the molecule is CCCCNC(=O)N1CCCC1c1cc(OC)ccc1OC. The van der Waals surface area contributed by atoms with Gasteiger partial charge in [0.25, 0.3) is 0 Å². The van der Waals surface area contributed by atoms with Crippen LogP contribution in [0.3, 0.4) is 0 Å². The third-order valence-corrected chi connectivity index (χ3v) is 4.12. The van der Waals surface area contributed by atoms with Crippen LogP contribution in [0.5, 0.6) is 11.5 Å². The number of benzene rings is 1. The van der Waals surface area contributed by atoms with E-state index in [9.17, 15) is 4.79 Å². The largest absolute Gasteiger partial charge is 0.497 e. The van der Waals surface area contributed by atoms with Gasteiger partial charge in [-0.3, -0.25) is 0 Å². The summed E-state index contributed by atoms with van der Waals surface area (Å²) in [4.78, 5) is 14.3. The van der Waals surface area contributed by atoms with Crippen LogP contribution in [0.1, 0.15) is 44.2 Å². The number of rotatable bonds is 6. The fraction of sp³-hybridized carbons (Fsp3) is 0.588. The molecule has 1 fully saturated rings. The van der Waals surface area contributed by atoms with E-state index in [0.717, 1.165) is 55.8 Å². The molecule has 1 saturated heterocycles. The average Bonchev–Trinajstić information content (AvgIpc) is 3.03. The molecule has 1 N–H and O–H groups in total. The summed E-state index contributed by atoms with van der Waals surface area (Å²) in [6.45, 7) is 3.63. The van der Waals surface area contributed by atoms with Crippen molar-refractivity contribution < 1.29 is 14.3 Å². The van der Waals surface area contributed by atoms with Crippen molar-refractivity contribution in [3.63, 3.8) is 0 Å². The predicted octanol–water partition coefficient (Wildman–Crippen LogP) is 3.35. The molecule has 0 saturated carbocycles. The number of likely N-dealkylation sites (tertiary alicyclic amines) is 1. The van der Waals surface area contributed by atoms with Crippen LogP contribution < -0.4 is 14.8 Å². The van der Waals surface area contributed by atoms with Gasteiger partial charge in [0, 0.05) is 18.7 Å². The second-order valence-corrected chi connectivity index (χ2v) is 5.54. The third kappa shape index (κ3) is 3.64. The van der Waals surface area contributed by atoms with Crippen molar-refractivity contribution in [1.29, 1.82) is 0 Å². The predicted molar refractivity (Wildman–Crippen MR) is 86.5 cm³/mol. The molecular formula is C17H26N2O3. The van der Waals surface area contributed by atoms with Gasteiger partial charge in [0.1, 0.15) is 11.5 Å². The molecule has 5 nitrogen and oxygen atoms in total. The maximum atomic E-state index is 12.4. The second kappa shape index (κ2) is 7.92. The molecule has 1 aromatic carbocycles. The first-order valence-corrected chi connectivity index (χ1v) is 7.97. The number of carbonyl (C=O) groups excluding carboxylic acids is 1. The molecule has 2 rings (SSSR count). The third-order valence-electron chi connectivity index (χ3n) is 4.12. The van der Waals surface area contributed by atoms with Crippen molar-refractivity contribution >= 4 is 6.03 Å². The summed E-state index contributed by atoms with van der Waals surface area (Å²) in [7, 11) is 3.31. The monoisotopic (exact) mass is 306 g/mol. The molecule has 1 aliphatic heterocycles. The van der Waals surface area contributed by atoms with Crippen molar-refractivity contribution in [2.45, 2.75) is 38.6 Å². The lowest BCUT2D eigenvalue weighted by atomic mass is 10.0. The Morgan fingerprint density at radius 2 is 2.18 bits per heavy atom. The summed E-state index contributed by atoms with van der Waals surface area (Å²) in [6, 6.07) is 5.82. The van der Waals surface area contributed by atoms with Crippen LogP contribution >= 0.6 is 0 Å². The normalized spacial score (nSPS) is 17.4. The number of carbonyl (C=O) groups is 1. The molecule has 1 unspecified atom stereocenters. The van der Waals surface area contributed by atoms with E-state index in [-0.39, 0.29) is 12.1 Å². The summed E-state index contributed by atoms with van der Waals surface area (Å²) >= 11 is 0. The minimum absolute atomic E-state index is 0.0147. The van der Waals surface area contributed by atoms with E-state index < -0.39 is 0 Å². The maximum absolute atomic E-state index is 12.4. The summed E-state index contributed by atoms with van der Waals surface area (Å²) in [5.74, 6) is 1.59. The lowest BCUT2D eigenvalue weighted by Crippen LogP contribution is -2.39. The number of urea groups is 1. The van der Waals surface area contributed by atoms with Crippen LogP contribution in [0.4, 0.5) is 4.79 Å². The summed E-state index contributed by atoms with van der Waals surface area (Å²) < 4.78 is 10.8. The lowest BCUT2D eigenvalue weighted by Gasteiger charge is -2.27. The van der Waals surface area contributed by atoms with E-state index in [2.05, 4.69) is 12.2 Å². The summed E-state index contributed by atoms with van der Waals surface area (Å²) in [5.41, 5.74) is 1.02. The van der Waals surface area contributed by atoms with Crippen LogP contribution in [0.15, 0.2) is 18.2 Å². The molecule has 0 spiro atoms. The van der Waals surface area contributed by atoms with Crippen molar-refractivity contribution in [2.75, 3.05) is 27.3 Å². The maximum Gasteiger partial charge on any atom is 0.317 e. The topological polar surface area (TPSA) is 50.8 Å². The van der Waals surface area contributed by atoms with E-state index in [0.29, 0.717) is 0 Å². The Bertz CT molecular complexity index is 505. The molecule has 0 aromatic heterocycles. The number of ether oxygens (including phenoxy) is 2. The molecule has 1 heterocycles. The number of amides is 2. The molecule has 5 heteroatoms. The Kier molecular flexibility index (Phi) is 5.92. The number of hydrogen-bond donors (Lipinski definition) is 1. The molecule has 2 amide bonds. The highest BCUT2D eigenvalue weighted by molar-refractivity contribution is 5.75. The molecule has 22 heavy (non-hydrogen) atoms. The first-order valence-electron chi connectivity index (χ1n) is 7.97. The molecule has 122 valence electrons. The van der Waals surface area contributed by atoms with Crippen molar-refractivity contribution in [3.05, 3.63) is 23.8 Å². The minimum Gasteiger partial charge on any atom is -0.497 e. The summed E-state index contributed by atoms with van der Waals surface area (Å²) in [6.07, 6.45) is 4.04. The average molecular weight is 306 g/mol. The molecule has 0 aliphatic carbocycles. The van der Waals surface area contributed by atoms with Gasteiger partial charge in [0.2, 0.25) is 0 Å². The highest BCUT2D eigenvalue weighted by Crippen LogP contribution is 2.38. The van der Waals surface area contributed by atoms with Gasteiger partial charge in [-0.2, -0.15) is 0 Å². The number of methoxy groups -OCH3 is 2. The first kappa shape index (κ1) is 16.5. The molecule has 0 bridgehead atoms. The van der Waals surface area contributed by atoms with E-state index >= 15 is 0 Å². The van der Waals surface area contributed by atoms with Gasteiger partial charge in [0.05, 0.1) is 20.3 Å². The molecular weight excluding hydrogens is 280 g/mol. The number of nitrogens with one attached hydrogen (secondary N) is 1. The molecule has 1 aromatic rings. The van der Waals surface area contributed by atoms with Gasteiger partial charge < -0.3 is 19.7 Å². The minimum atomic E-state index is 0.0147. The standard InChI is InChI=1S/C17H26N2O3/c1-4-5-10-18-17(20)19-11-6-7-15(19)14-12-13(21-2)8-9-16(14)22-3/h8-9,12,15H,4-7,10-11H2,1-3H3,(H,18,20). The highest BCUT2D eigenvalue weighted by atomic mass is 16.5. The zero-order valence-electron chi connectivity index (χ0n) is 13.7. The second-order valence-electron chi connectivity index (χ2n) is 5.54.